The molecule has 0 radical (unpaired) electrons. The molecule has 0 saturated carbocycles. The number of amides is 1. The molecule has 2 rings (SSSR count). The van der Waals surface area contributed by atoms with E-state index in [2.05, 4.69) is 30.4 Å². The number of ether oxygens (including phenoxy) is 1. The van der Waals surface area contributed by atoms with Crippen molar-refractivity contribution in [3.8, 4) is 5.75 Å². The van der Waals surface area contributed by atoms with Crippen molar-refractivity contribution < 1.29 is 9.53 Å². The molecule has 0 aromatic heterocycles. The first-order chi connectivity index (χ1) is 11.1. The number of carbonyl (C=O) groups excluding carboxylic acids is 1. The van der Waals surface area contributed by atoms with Gasteiger partial charge >= 0.3 is 0 Å². The fourth-order valence-electron chi connectivity index (χ4n) is 2.46. The Balaban J connectivity index is 1.59. The Morgan fingerprint density at radius 2 is 1.87 bits per heavy atom. The van der Waals surface area contributed by atoms with Gasteiger partial charge < -0.3 is 10.1 Å². The van der Waals surface area contributed by atoms with Crippen LogP contribution >= 0.6 is 0 Å². The Kier molecular flexibility index (Phi) is 6.67. The van der Waals surface area contributed by atoms with E-state index >= 15 is 0 Å². The zero-order chi connectivity index (χ0) is 16.5. The van der Waals surface area contributed by atoms with Crippen molar-refractivity contribution in [2.75, 3.05) is 13.2 Å². The molecule has 0 spiro atoms. The van der Waals surface area contributed by atoms with Crippen LogP contribution in [0.15, 0.2) is 48.5 Å². The molecule has 0 heterocycles. The second-order valence-corrected chi connectivity index (χ2v) is 5.81. The van der Waals surface area contributed by atoms with E-state index in [1.807, 2.05) is 37.3 Å². The molecule has 3 heteroatoms. The average Bonchev–Trinajstić information content (AvgIpc) is 2.54. The molecule has 0 fully saturated rings. The van der Waals surface area contributed by atoms with Crippen LogP contribution in [-0.4, -0.2) is 19.1 Å². The van der Waals surface area contributed by atoms with Gasteiger partial charge in [0.15, 0.2) is 0 Å². The van der Waals surface area contributed by atoms with Crippen molar-refractivity contribution >= 4 is 5.91 Å². The molecule has 0 saturated heterocycles. The maximum atomic E-state index is 11.8. The fraction of sp³-hybridized carbons (Fsp3) is 0.350. The third kappa shape index (κ3) is 6.15. The minimum absolute atomic E-state index is 0.0881. The van der Waals surface area contributed by atoms with E-state index in [1.165, 1.54) is 11.1 Å². The van der Waals surface area contributed by atoms with Gasteiger partial charge in [0.25, 0.3) is 0 Å². The van der Waals surface area contributed by atoms with E-state index in [1.54, 1.807) is 0 Å². The normalized spacial score (nSPS) is 10.3. The summed E-state index contributed by atoms with van der Waals surface area (Å²) < 4.78 is 5.74. The number of rotatable bonds is 8. The highest BCUT2D eigenvalue weighted by atomic mass is 16.5. The number of nitrogens with one attached hydrogen (secondary N) is 1. The molecule has 1 N–H and O–H groups in total. The quantitative estimate of drug-likeness (QED) is 0.753. The van der Waals surface area contributed by atoms with E-state index in [0.29, 0.717) is 19.6 Å². The number of hydrogen-bond acceptors (Lipinski definition) is 2. The van der Waals surface area contributed by atoms with Gasteiger partial charge in [-0.3, -0.25) is 4.79 Å². The number of benzene rings is 2. The molecule has 0 aliphatic rings. The summed E-state index contributed by atoms with van der Waals surface area (Å²) in [4.78, 5) is 11.8. The lowest BCUT2D eigenvalue weighted by molar-refractivity contribution is -0.121. The molecule has 0 aliphatic heterocycles. The van der Waals surface area contributed by atoms with Gasteiger partial charge in [-0.1, -0.05) is 48.0 Å². The van der Waals surface area contributed by atoms with Crippen molar-refractivity contribution in [1.29, 1.82) is 0 Å². The Labute approximate surface area is 138 Å². The van der Waals surface area contributed by atoms with E-state index in [-0.39, 0.29) is 5.91 Å². The minimum Gasteiger partial charge on any atom is -0.493 e. The van der Waals surface area contributed by atoms with Crippen LogP contribution in [0.1, 0.15) is 29.5 Å². The largest absolute Gasteiger partial charge is 0.493 e. The highest BCUT2D eigenvalue weighted by Gasteiger charge is 2.03. The Hall–Kier alpha value is -2.29. The monoisotopic (exact) mass is 311 g/mol. The standard InChI is InChI=1S/C20H25NO2/c1-16-10-11-19(17(2)15-16)23-14-6-9-20(22)21-13-12-18-7-4-3-5-8-18/h3-5,7-8,10-11,15H,6,9,12-14H2,1-2H3,(H,21,22). The van der Waals surface area contributed by atoms with Gasteiger partial charge in [-0.15, -0.1) is 0 Å². The van der Waals surface area contributed by atoms with Crippen LogP contribution in [0.25, 0.3) is 0 Å². The zero-order valence-electron chi connectivity index (χ0n) is 14.0. The second kappa shape index (κ2) is 8.99. The number of aryl methyl sites for hydroxylation is 2. The molecule has 3 nitrogen and oxygen atoms in total. The summed E-state index contributed by atoms with van der Waals surface area (Å²) in [6.45, 7) is 5.35. The average molecular weight is 311 g/mol. The summed E-state index contributed by atoms with van der Waals surface area (Å²) in [5.41, 5.74) is 3.61. The van der Waals surface area contributed by atoms with Crippen molar-refractivity contribution in [2.24, 2.45) is 0 Å². The number of carbonyl (C=O) groups is 1. The van der Waals surface area contributed by atoms with Crippen LogP contribution in [0, 0.1) is 13.8 Å². The maximum Gasteiger partial charge on any atom is 0.220 e. The zero-order valence-corrected chi connectivity index (χ0v) is 14.0. The molecule has 2 aromatic carbocycles. The minimum atomic E-state index is 0.0881. The predicted molar refractivity (Wildman–Crippen MR) is 93.8 cm³/mol. The Bertz CT molecular complexity index is 623. The van der Waals surface area contributed by atoms with Crippen molar-refractivity contribution in [2.45, 2.75) is 33.1 Å². The van der Waals surface area contributed by atoms with Gasteiger partial charge in [0.1, 0.15) is 5.75 Å². The first-order valence-corrected chi connectivity index (χ1v) is 8.16. The summed E-state index contributed by atoms with van der Waals surface area (Å²) >= 11 is 0. The number of hydrogen-bond donors (Lipinski definition) is 1. The van der Waals surface area contributed by atoms with Crippen LogP contribution in [0.5, 0.6) is 5.75 Å². The molecule has 2 aromatic rings. The van der Waals surface area contributed by atoms with E-state index in [9.17, 15) is 4.79 Å². The lowest BCUT2D eigenvalue weighted by Crippen LogP contribution is -2.25. The highest BCUT2D eigenvalue weighted by Crippen LogP contribution is 2.18. The SMILES string of the molecule is Cc1ccc(OCCCC(=O)NCCc2ccccc2)c(C)c1. The van der Waals surface area contributed by atoms with Crippen LogP contribution in [0.3, 0.4) is 0 Å². The van der Waals surface area contributed by atoms with Gasteiger partial charge in [-0.2, -0.15) is 0 Å². The Morgan fingerprint density at radius 1 is 1.09 bits per heavy atom. The highest BCUT2D eigenvalue weighted by molar-refractivity contribution is 5.75. The van der Waals surface area contributed by atoms with E-state index in [4.69, 9.17) is 4.74 Å². The lowest BCUT2D eigenvalue weighted by Gasteiger charge is -2.10. The molecule has 0 unspecified atom stereocenters. The molecule has 122 valence electrons. The molecule has 0 aliphatic carbocycles. The molecular weight excluding hydrogens is 286 g/mol. The van der Waals surface area contributed by atoms with Crippen LogP contribution in [0.4, 0.5) is 0 Å². The molecular formula is C20H25NO2. The van der Waals surface area contributed by atoms with Gasteiger partial charge in [-0.25, -0.2) is 0 Å². The topological polar surface area (TPSA) is 38.3 Å². The van der Waals surface area contributed by atoms with Crippen LogP contribution in [0.2, 0.25) is 0 Å². The van der Waals surface area contributed by atoms with Gasteiger partial charge in [-0.05, 0) is 43.9 Å². The van der Waals surface area contributed by atoms with Crippen LogP contribution < -0.4 is 10.1 Å². The third-order valence-corrected chi connectivity index (χ3v) is 3.71. The van der Waals surface area contributed by atoms with Gasteiger partial charge in [0, 0.05) is 13.0 Å². The summed E-state index contributed by atoms with van der Waals surface area (Å²) in [5.74, 6) is 0.991. The molecule has 0 atom stereocenters. The molecule has 23 heavy (non-hydrogen) atoms. The first-order valence-electron chi connectivity index (χ1n) is 8.16. The van der Waals surface area contributed by atoms with Crippen molar-refractivity contribution in [3.63, 3.8) is 0 Å². The molecule has 1 amide bonds. The van der Waals surface area contributed by atoms with E-state index < -0.39 is 0 Å². The van der Waals surface area contributed by atoms with Crippen molar-refractivity contribution in [3.05, 3.63) is 65.2 Å². The molecule has 0 bridgehead atoms. The summed E-state index contributed by atoms with van der Waals surface area (Å²) in [7, 11) is 0. The van der Waals surface area contributed by atoms with Crippen molar-refractivity contribution in [1.82, 2.24) is 5.32 Å². The lowest BCUT2D eigenvalue weighted by atomic mass is 10.1. The van der Waals surface area contributed by atoms with Crippen LogP contribution in [-0.2, 0) is 11.2 Å². The first kappa shape index (κ1) is 17.1. The predicted octanol–water partition coefficient (Wildman–Crippen LogP) is 3.82. The smallest absolute Gasteiger partial charge is 0.220 e. The fourth-order valence-corrected chi connectivity index (χ4v) is 2.46. The summed E-state index contributed by atoms with van der Waals surface area (Å²) in [6.07, 6.45) is 2.09. The Morgan fingerprint density at radius 3 is 2.61 bits per heavy atom. The van der Waals surface area contributed by atoms with Gasteiger partial charge in [0.2, 0.25) is 5.91 Å². The summed E-state index contributed by atoms with van der Waals surface area (Å²) in [5, 5.41) is 2.95. The third-order valence-electron chi connectivity index (χ3n) is 3.71. The van der Waals surface area contributed by atoms with Gasteiger partial charge in [0.05, 0.1) is 6.61 Å². The summed E-state index contributed by atoms with van der Waals surface area (Å²) in [6, 6.07) is 16.3. The second-order valence-electron chi connectivity index (χ2n) is 5.81. The van der Waals surface area contributed by atoms with E-state index in [0.717, 1.165) is 24.2 Å². The maximum absolute atomic E-state index is 11.8.